The fourth-order valence-corrected chi connectivity index (χ4v) is 4.17. The number of rotatable bonds is 8. The third kappa shape index (κ3) is 5.73. The van der Waals surface area contributed by atoms with E-state index in [0.29, 0.717) is 22.9 Å². The minimum atomic E-state index is -0.303. The molecule has 8 heteroatoms. The molecular formula is C29H26ClN5O2. The smallest absolute Gasteiger partial charge is 0.276 e. The number of amides is 1. The molecule has 0 aliphatic heterocycles. The second kappa shape index (κ2) is 10.7. The molecule has 2 heterocycles. The minimum absolute atomic E-state index is 0.190. The van der Waals surface area contributed by atoms with Gasteiger partial charge in [-0.25, -0.2) is 4.68 Å². The number of benzene rings is 3. The van der Waals surface area contributed by atoms with E-state index in [-0.39, 0.29) is 12.6 Å². The summed E-state index contributed by atoms with van der Waals surface area (Å²) in [4.78, 5) is 12.9. The zero-order valence-corrected chi connectivity index (χ0v) is 21.3. The Balaban J connectivity index is 1.20. The van der Waals surface area contributed by atoms with E-state index in [0.717, 1.165) is 33.8 Å². The molecule has 0 radical (unpaired) electrons. The van der Waals surface area contributed by atoms with Gasteiger partial charge in [-0.05, 0) is 60.9 Å². The van der Waals surface area contributed by atoms with Crippen LogP contribution in [0.3, 0.4) is 0 Å². The molecule has 0 unspecified atom stereocenters. The van der Waals surface area contributed by atoms with Crippen molar-refractivity contribution in [2.75, 3.05) is 5.32 Å². The molecule has 2 aromatic heterocycles. The van der Waals surface area contributed by atoms with Crippen molar-refractivity contribution in [3.05, 3.63) is 119 Å². The number of ether oxygens (including phenoxy) is 1. The van der Waals surface area contributed by atoms with E-state index < -0.39 is 0 Å². The number of nitrogens with zero attached hydrogens (tertiary/aromatic N) is 4. The molecule has 7 nitrogen and oxygen atoms in total. The molecule has 186 valence electrons. The molecule has 0 fully saturated rings. The zero-order chi connectivity index (χ0) is 25.8. The van der Waals surface area contributed by atoms with E-state index in [4.69, 9.17) is 16.3 Å². The zero-order valence-electron chi connectivity index (χ0n) is 20.6. The highest BCUT2D eigenvalue weighted by molar-refractivity contribution is 6.30. The van der Waals surface area contributed by atoms with Crippen LogP contribution in [0, 0.1) is 13.8 Å². The maximum Gasteiger partial charge on any atom is 0.276 e. The lowest BCUT2D eigenvalue weighted by molar-refractivity contribution is 0.102. The molecule has 0 aliphatic rings. The molecule has 3 aromatic carbocycles. The van der Waals surface area contributed by atoms with Crippen LogP contribution < -0.4 is 10.1 Å². The topological polar surface area (TPSA) is 74.0 Å². The molecular weight excluding hydrogens is 486 g/mol. The fourth-order valence-electron chi connectivity index (χ4n) is 4.04. The Labute approximate surface area is 220 Å². The number of hydrogen-bond donors (Lipinski definition) is 1. The van der Waals surface area contributed by atoms with E-state index in [1.54, 1.807) is 16.9 Å². The van der Waals surface area contributed by atoms with Crippen LogP contribution in [0.1, 0.15) is 27.4 Å². The molecule has 0 bridgehead atoms. The quantitative estimate of drug-likeness (QED) is 0.263. The normalized spacial score (nSPS) is 10.9. The van der Waals surface area contributed by atoms with Crippen molar-refractivity contribution in [2.24, 2.45) is 0 Å². The van der Waals surface area contributed by atoms with Crippen LogP contribution >= 0.6 is 11.6 Å². The minimum Gasteiger partial charge on any atom is -0.471 e. The van der Waals surface area contributed by atoms with Gasteiger partial charge < -0.3 is 10.1 Å². The van der Waals surface area contributed by atoms with Gasteiger partial charge in [0.05, 0.1) is 23.6 Å². The van der Waals surface area contributed by atoms with Gasteiger partial charge in [0.1, 0.15) is 5.75 Å². The number of halogens is 1. The number of hydrogen-bond acceptors (Lipinski definition) is 4. The van der Waals surface area contributed by atoms with Gasteiger partial charge >= 0.3 is 0 Å². The van der Waals surface area contributed by atoms with Gasteiger partial charge in [0.2, 0.25) is 0 Å². The summed E-state index contributed by atoms with van der Waals surface area (Å²) in [5.74, 6) is 0.420. The van der Waals surface area contributed by atoms with Crippen molar-refractivity contribution in [3.63, 3.8) is 0 Å². The molecule has 0 saturated carbocycles. The van der Waals surface area contributed by atoms with E-state index in [1.807, 2.05) is 85.3 Å². The number of aryl methyl sites for hydroxylation is 1. The number of carbonyl (C=O) groups is 1. The van der Waals surface area contributed by atoms with E-state index >= 15 is 0 Å². The van der Waals surface area contributed by atoms with Gasteiger partial charge in [-0.2, -0.15) is 10.2 Å². The Kier molecular flexibility index (Phi) is 7.05. The lowest BCUT2D eigenvalue weighted by Gasteiger charge is -2.08. The maximum absolute atomic E-state index is 12.9. The Bertz CT molecular complexity index is 1510. The van der Waals surface area contributed by atoms with Crippen molar-refractivity contribution in [1.29, 1.82) is 0 Å². The first-order valence-corrected chi connectivity index (χ1v) is 12.3. The van der Waals surface area contributed by atoms with Gasteiger partial charge in [-0.1, -0.05) is 66.2 Å². The lowest BCUT2D eigenvalue weighted by atomic mass is 10.1. The van der Waals surface area contributed by atoms with Gasteiger partial charge in [-0.3, -0.25) is 9.48 Å². The molecule has 5 rings (SSSR count). The van der Waals surface area contributed by atoms with E-state index in [1.165, 1.54) is 0 Å². The van der Waals surface area contributed by atoms with Gasteiger partial charge in [0.25, 0.3) is 5.91 Å². The average Bonchev–Trinajstić information content (AvgIpc) is 3.50. The first-order chi connectivity index (χ1) is 18.0. The summed E-state index contributed by atoms with van der Waals surface area (Å²) >= 11 is 5.98. The molecule has 5 aromatic rings. The first kappa shape index (κ1) is 24.3. The Morgan fingerprint density at radius 2 is 1.59 bits per heavy atom. The number of nitrogens with one attached hydrogen (secondary N) is 1. The van der Waals surface area contributed by atoms with Crippen LogP contribution in [0.2, 0.25) is 5.02 Å². The SMILES string of the molecule is Cc1nn(Cc2ccc(Cl)cc2)c(C)c1NC(=O)c1ccn(COc2ccc(-c3ccccc3)cc2)n1. The number of carbonyl (C=O) groups excluding carboxylic acids is 1. The fraction of sp³-hybridized carbons (Fsp3) is 0.138. The summed E-state index contributed by atoms with van der Waals surface area (Å²) in [6.45, 7) is 4.57. The van der Waals surface area contributed by atoms with Crippen molar-refractivity contribution in [1.82, 2.24) is 19.6 Å². The highest BCUT2D eigenvalue weighted by atomic mass is 35.5. The van der Waals surface area contributed by atoms with Crippen LogP contribution in [-0.4, -0.2) is 25.5 Å². The van der Waals surface area contributed by atoms with Crippen LogP contribution in [0.4, 0.5) is 5.69 Å². The van der Waals surface area contributed by atoms with Crippen molar-refractivity contribution in [2.45, 2.75) is 27.1 Å². The Morgan fingerprint density at radius 1 is 0.892 bits per heavy atom. The molecule has 0 aliphatic carbocycles. The number of anilines is 1. The second-order valence-electron chi connectivity index (χ2n) is 8.69. The molecule has 0 atom stereocenters. The van der Waals surface area contributed by atoms with Crippen LogP contribution in [0.25, 0.3) is 11.1 Å². The summed E-state index contributed by atoms with van der Waals surface area (Å²) in [6.07, 6.45) is 1.72. The summed E-state index contributed by atoms with van der Waals surface area (Å²) in [6, 6.07) is 27.3. The summed E-state index contributed by atoms with van der Waals surface area (Å²) in [5, 5.41) is 12.6. The predicted molar refractivity (Wildman–Crippen MR) is 145 cm³/mol. The van der Waals surface area contributed by atoms with Gasteiger partial charge in [0.15, 0.2) is 12.4 Å². The molecule has 1 N–H and O–H groups in total. The van der Waals surface area contributed by atoms with Crippen molar-refractivity contribution in [3.8, 4) is 16.9 Å². The largest absolute Gasteiger partial charge is 0.471 e. The van der Waals surface area contributed by atoms with Gasteiger partial charge in [0, 0.05) is 11.2 Å². The summed E-state index contributed by atoms with van der Waals surface area (Å²) in [5.41, 5.74) is 5.92. The van der Waals surface area contributed by atoms with Crippen molar-refractivity contribution >= 4 is 23.2 Å². The molecule has 37 heavy (non-hydrogen) atoms. The predicted octanol–water partition coefficient (Wildman–Crippen LogP) is 6.35. The standard InChI is InChI=1S/C29H26ClN5O2/c1-20-28(21(2)35(32-20)18-22-8-12-25(30)13-9-22)31-29(36)27-16-17-34(33-27)19-37-26-14-10-24(11-15-26)23-6-4-3-5-7-23/h3-17H,18-19H2,1-2H3,(H,31,36). The van der Waals surface area contributed by atoms with Crippen LogP contribution in [0.15, 0.2) is 91.1 Å². The van der Waals surface area contributed by atoms with Gasteiger partial charge in [-0.15, -0.1) is 0 Å². The van der Waals surface area contributed by atoms with Crippen LogP contribution in [0.5, 0.6) is 5.75 Å². The Morgan fingerprint density at radius 3 is 2.32 bits per heavy atom. The highest BCUT2D eigenvalue weighted by Crippen LogP contribution is 2.23. The summed E-state index contributed by atoms with van der Waals surface area (Å²) in [7, 11) is 0. The molecule has 0 spiro atoms. The molecule has 1 amide bonds. The lowest BCUT2D eigenvalue weighted by Crippen LogP contribution is -2.15. The number of aromatic nitrogens is 4. The highest BCUT2D eigenvalue weighted by Gasteiger charge is 2.17. The third-order valence-electron chi connectivity index (χ3n) is 6.06. The monoisotopic (exact) mass is 511 g/mol. The third-order valence-corrected chi connectivity index (χ3v) is 6.32. The molecule has 0 saturated heterocycles. The van der Waals surface area contributed by atoms with E-state index in [2.05, 4.69) is 27.6 Å². The average molecular weight is 512 g/mol. The second-order valence-corrected chi connectivity index (χ2v) is 9.12. The Hall–Kier alpha value is -4.36. The van der Waals surface area contributed by atoms with Crippen LogP contribution in [-0.2, 0) is 13.3 Å². The van der Waals surface area contributed by atoms with E-state index in [9.17, 15) is 4.79 Å². The van der Waals surface area contributed by atoms with Crippen molar-refractivity contribution < 1.29 is 9.53 Å². The first-order valence-electron chi connectivity index (χ1n) is 11.9. The maximum atomic E-state index is 12.9. The summed E-state index contributed by atoms with van der Waals surface area (Å²) < 4.78 is 9.30.